The van der Waals surface area contributed by atoms with Crippen LogP contribution >= 0.6 is 7.26 Å². The van der Waals surface area contributed by atoms with Crippen molar-refractivity contribution in [2.24, 2.45) is 0 Å². The summed E-state index contributed by atoms with van der Waals surface area (Å²) in [6, 6.07) is 26.4. The second-order valence-electron chi connectivity index (χ2n) is 8.51. The molecule has 0 unspecified atom stereocenters. The number of carboxylic acid groups (broad SMARTS) is 1. The molecular weight excluding hydrogens is 431 g/mol. The highest BCUT2D eigenvalue weighted by molar-refractivity contribution is 7.95. The van der Waals surface area contributed by atoms with Gasteiger partial charge in [-0.25, -0.2) is 0 Å². The second-order valence-corrected chi connectivity index (χ2v) is 12.1. The van der Waals surface area contributed by atoms with E-state index < -0.39 is 19.2 Å². The van der Waals surface area contributed by atoms with Crippen molar-refractivity contribution in [2.45, 2.75) is 40.0 Å². The molecule has 0 aliphatic rings. The van der Waals surface area contributed by atoms with Gasteiger partial charge in [0.1, 0.15) is 23.2 Å². The van der Waals surface area contributed by atoms with Gasteiger partial charge in [0.05, 0.1) is 25.6 Å². The van der Waals surface area contributed by atoms with Crippen LogP contribution in [0.3, 0.4) is 0 Å². The maximum absolute atomic E-state index is 11.9. The molecule has 1 N–H and O–H groups in total. The Labute approximate surface area is 197 Å². The average Bonchev–Trinajstić information content (AvgIpc) is 2.80. The topological polar surface area (TPSA) is 63.6 Å². The lowest BCUT2D eigenvalue weighted by Crippen LogP contribution is -2.34. The highest BCUT2D eigenvalue weighted by Crippen LogP contribution is 2.55. The number of hydrogen-bond donors (Lipinski definition) is 1. The summed E-state index contributed by atoms with van der Waals surface area (Å²) < 4.78 is 5.37. The minimum absolute atomic E-state index is 0.0937. The Bertz CT molecular complexity index is 959. The van der Waals surface area contributed by atoms with Crippen molar-refractivity contribution >= 4 is 35.1 Å². The van der Waals surface area contributed by atoms with Crippen molar-refractivity contribution in [3.8, 4) is 0 Å². The first-order valence-corrected chi connectivity index (χ1v) is 13.3. The van der Waals surface area contributed by atoms with E-state index in [1.165, 1.54) is 32.6 Å². The summed E-state index contributed by atoms with van der Waals surface area (Å²) >= 11 is 0. The lowest BCUT2D eigenvalue weighted by atomic mass is 10.2. The van der Waals surface area contributed by atoms with E-state index in [9.17, 15) is 9.59 Å². The summed E-state index contributed by atoms with van der Waals surface area (Å²) in [5.74, 6) is -1.45. The van der Waals surface area contributed by atoms with E-state index in [1.54, 1.807) is 0 Å². The maximum atomic E-state index is 11.9. The normalized spacial score (nSPS) is 11.2. The molecule has 0 amide bonds. The molecule has 3 aromatic rings. The molecule has 0 aliphatic carbocycles. The van der Waals surface area contributed by atoms with E-state index in [1.807, 2.05) is 0 Å². The fraction of sp³-hybridized carbons (Fsp3) is 0.286. The van der Waals surface area contributed by atoms with Crippen LogP contribution < -0.4 is 15.9 Å². The maximum Gasteiger partial charge on any atom is 0.306 e. The van der Waals surface area contributed by atoms with Crippen molar-refractivity contribution in [2.75, 3.05) is 12.8 Å². The number of aryl methyl sites for hydroxylation is 3. The summed E-state index contributed by atoms with van der Waals surface area (Å²) in [4.78, 5) is 22.6. The number of hydrogen-bond acceptors (Lipinski definition) is 3. The Balaban J connectivity index is 1.97. The molecule has 4 nitrogen and oxygen atoms in total. The van der Waals surface area contributed by atoms with Crippen molar-refractivity contribution in [3.05, 3.63) is 89.5 Å². The van der Waals surface area contributed by atoms with Crippen molar-refractivity contribution in [3.63, 3.8) is 0 Å². The molecule has 172 valence electrons. The molecule has 0 radical (unpaired) electrons. The standard InChI is InChI=1S/C28H31O4P/c1-21-5-11-24(12-6-21)33(25-13-7-22(2)8-14-25,26-15-9-23(3)10-16-26)20-4-19-32-28(31)18-17-27(29)30/h5-16H,4,17-20H2,1-3H3/p+1. The van der Waals surface area contributed by atoms with Crippen LogP contribution in [-0.2, 0) is 14.3 Å². The third-order valence-corrected chi connectivity index (χ3v) is 10.4. The van der Waals surface area contributed by atoms with E-state index in [0.29, 0.717) is 6.42 Å². The third kappa shape index (κ3) is 6.30. The van der Waals surface area contributed by atoms with Crippen LogP contribution in [0.4, 0.5) is 0 Å². The zero-order chi connectivity index (χ0) is 23.8. The molecule has 0 saturated carbocycles. The van der Waals surface area contributed by atoms with Crippen LogP contribution in [0.15, 0.2) is 72.8 Å². The van der Waals surface area contributed by atoms with Gasteiger partial charge in [-0.3, -0.25) is 9.59 Å². The van der Waals surface area contributed by atoms with E-state index in [2.05, 4.69) is 93.6 Å². The van der Waals surface area contributed by atoms with Crippen molar-refractivity contribution in [1.29, 1.82) is 0 Å². The quantitative estimate of drug-likeness (QED) is 0.269. The van der Waals surface area contributed by atoms with Crippen LogP contribution in [-0.4, -0.2) is 29.8 Å². The Morgan fingerprint density at radius 3 is 1.45 bits per heavy atom. The number of carboxylic acids is 1. The summed E-state index contributed by atoms with van der Waals surface area (Å²) in [5, 5.41) is 12.7. The highest BCUT2D eigenvalue weighted by atomic mass is 31.2. The first kappa shape index (κ1) is 24.7. The Morgan fingerprint density at radius 1 is 0.697 bits per heavy atom. The van der Waals surface area contributed by atoms with Crippen LogP contribution in [0.1, 0.15) is 36.0 Å². The molecule has 3 aromatic carbocycles. The number of benzene rings is 3. The van der Waals surface area contributed by atoms with Gasteiger partial charge in [-0.1, -0.05) is 53.1 Å². The molecule has 33 heavy (non-hydrogen) atoms. The van der Waals surface area contributed by atoms with Crippen LogP contribution in [0.5, 0.6) is 0 Å². The van der Waals surface area contributed by atoms with Crippen LogP contribution in [0.2, 0.25) is 0 Å². The first-order chi connectivity index (χ1) is 15.8. The van der Waals surface area contributed by atoms with Gasteiger partial charge in [-0.15, -0.1) is 0 Å². The molecule has 0 spiro atoms. The minimum Gasteiger partial charge on any atom is -0.481 e. The molecule has 0 heterocycles. The minimum atomic E-state index is -1.99. The summed E-state index contributed by atoms with van der Waals surface area (Å²) in [6.45, 7) is 6.57. The Morgan fingerprint density at radius 2 is 1.09 bits per heavy atom. The van der Waals surface area contributed by atoms with Gasteiger partial charge in [-0.2, -0.15) is 0 Å². The van der Waals surface area contributed by atoms with Gasteiger partial charge in [-0.05, 0) is 57.2 Å². The lowest BCUT2D eigenvalue weighted by Gasteiger charge is -2.28. The highest BCUT2D eigenvalue weighted by Gasteiger charge is 2.44. The number of carbonyl (C=O) groups is 2. The second kappa shape index (κ2) is 11.2. The van der Waals surface area contributed by atoms with Crippen molar-refractivity contribution < 1.29 is 19.4 Å². The van der Waals surface area contributed by atoms with Gasteiger partial charge < -0.3 is 9.84 Å². The average molecular weight is 464 g/mol. The van der Waals surface area contributed by atoms with Crippen molar-refractivity contribution in [1.82, 2.24) is 0 Å². The van der Waals surface area contributed by atoms with Gasteiger partial charge in [0.2, 0.25) is 0 Å². The van der Waals surface area contributed by atoms with Gasteiger partial charge in [0.15, 0.2) is 0 Å². The van der Waals surface area contributed by atoms with E-state index in [0.717, 1.165) is 6.16 Å². The Hall–Kier alpha value is -2.97. The molecule has 0 bridgehead atoms. The molecule has 0 aliphatic heterocycles. The molecule has 3 rings (SSSR count). The van der Waals surface area contributed by atoms with Gasteiger partial charge in [0, 0.05) is 6.42 Å². The fourth-order valence-electron chi connectivity index (χ4n) is 4.00. The number of carbonyl (C=O) groups excluding carboxylic acids is 1. The molecular formula is C28H32O4P+. The monoisotopic (exact) mass is 463 g/mol. The lowest BCUT2D eigenvalue weighted by molar-refractivity contribution is -0.147. The smallest absolute Gasteiger partial charge is 0.306 e. The Kier molecular flexibility index (Phi) is 8.41. The van der Waals surface area contributed by atoms with E-state index >= 15 is 0 Å². The number of ether oxygens (including phenoxy) is 1. The molecule has 0 saturated heterocycles. The van der Waals surface area contributed by atoms with E-state index in [-0.39, 0.29) is 19.4 Å². The number of aliphatic carboxylic acids is 1. The summed E-state index contributed by atoms with van der Waals surface area (Å²) in [5.41, 5.74) is 3.66. The third-order valence-electron chi connectivity index (χ3n) is 5.87. The fourth-order valence-corrected chi connectivity index (χ4v) is 8.25. The molecule has 0 fully saturated rings. The molecule has 5 heteroatoms. The zero-order valence-corrected chi connectivity index (χ0v) is 20.5. The number of esters is 1. The molecule has 0 aromatic heterocycles. The predicted molar refractivity (Wildman–Crippen MR) is 137 cm³/mol. The number of rotatable bonds is 10. The first-order valence-electron chi connectivity index (χ1n) is 11.3. The summed E-state index contributed by atoms with van der Waals surface area (Å²) in [6.07, 6.45) is 1.26. The summed E-state index contributed by atoms with van der Waals surface area (Å²) in [7, 11) is -1.99. The SMILES string of the molecule is Cc1ccc([P+](CCCOC(=O)CCC(=O)O)(c2ccc(C)cc2)c2ccc(C)cc2)cc1. The van der Waals surface area contributed by atoms with Gasteiger partial charge in [0.25, 0.3) is 0 Å². The largest absolute Gasteiger partial charge is 0.481 e. The zero-order valence-electron chi connectivity index (χ0n) is 19.6. The van der Waals surface area contributed by atoms with Crippen LogP contribution in [0, 0.1) is 20.8 Å². The molecule has 0 atom stereocenters. The van der Waals surface area contributed by atoms with Crippen LogP contribution in [0.25, 0.3) is 0 Å². The predicted octanol–water partition coefficient (Wildman–Crippen LogP) is 4.70. The van der Waals surface area contributed by atoms with E-state index in [4.69, 9.17) is 9.84 Å². The van der Waals surface area contributed by atoms with Gasteiger partial charge >= 0.3 is 11.9 Å².